The highest BCUT2D eigenvalue weighted by atomic mass is 35.5. The third kappa shape index (κ3) is 1.94. The number of carbonyl (C=O) groups excluding carboxylic acids is 1. The summed E-state index contributed by atoms with van der Waals surface area (Å²) in [6, 6.07) is 4.71. The maximum absolute atomic E-state index is 11.0. The molecule has 1 saturated heterocycles. The van der Waals surface area contributed by atoms with Gasteiger partial charge in [-0.2, -0.15) is 5.06 Å². The van der Waals surface area contributed by atoms with Crippen LogP contribution in [0.25, 0.3) is 0 Å². The lowest BCUT2D eigenvalue weighted by Gasteiger charge is -2.11. The fraction of sp³-hybridized carbons (Fsp3) is 0.125. The summed E-state index contributed by atoms with van der Waals surface area (Å²) in [4.78, 5) is 20.7. The molecule has 1 aliphatic rings. The van der Waals surface area contributed by atoms with Crippen molar-refractivity contribution in [2.24, 2.45) is 0 Å². The maximum Gasteiger partial charge on any atom is 0.462 e. The van der Waals surface area contributed by atoms with Crippen LogP contribution in [-0.2, 0) is 9.78 Å². The van der Waals surface area contributed by atoms with Crippen LogP contribution in [0.5, 0.6) is 0 Å². The predicted molar refractivity (Wildman–Crippen MR) is 54.3 cm³/mol. The molecule has 0 unspecified atom stereocenters. The number of hydrogen-bond donors (Lipinski definition) is 0. The van der Waals surface area contributed by atoms with Crippen LogP contribution in [0.4, 0.5) is 10.5 Å². The van der Waals surface area contributed by atoms with E-state index in [1.165, 1.54) is 13.1 Å². The van der Waals surface area contributed by atoms with Crippen LogP contribution in [-0.4, -0.2) is 18.2 Å². The summed E-state index contributed by atoms with van der Waals surface area (Å²) in [7, 11) is 1.43. The van der Waals surface area contributed by atoms with Crippen LogP contribution < -0.4 is 5.23 Å². The minimum atomic E-state index is -0.610. The van der Waals surface area contributed by atoms with Gasteiger partial charge in [-0.3, -0.25) is 4.84 Å². The number of amides is 1. The molecule has 1 aromatic carbocycles. The smallest absolute Gasteiger partial charge is 0.291 e. The first-order valence-corrected chi connectivity index (χ1v) is 4.72. The van der Waals surface area contributed by atoms with Gasteiger partial charge in [-0.15, -0.1) is 4.94 Å². The first kappa shape index (κ1) is 10.4. The zero-order valence-corrected chi connectivity index (χ0v) is 9.12. The SMILES string of the molecule is CN1ON(c2ccc(Cl)c(Cl)c2)OC1=O. The van der Waals surface area contributed by atoms with Gasteiger partial charge in [0.2, 0.25) is 0 Å². The third-order valence-corrected chi connectivity index (χ3v) is 2.47. The van der Waals surface area contributed by atoms with E-state index in [4.69, 9.17) is 33.0 Å². The van der Waals surface area contributed by atoms with Crippen molar-refractivity contribution in [1.29, 1.82) is 0 Å². The van der Waals surface area contributed by atoms with Gasteiger partial charge in [-0.25, -0.2) is 4.79 Å². The molecule has 0 radical (unpaired) electrons. The molecule has 1 aliphatic heterocycles. The van der Waals surface area contributed by atoms with E-state index in [1.807, 2.05) is 0 Å². The summed E-state index contributed by atoms with van der Waals surface area (Å²) in [5, 5.41) is 2.66. The van der Waals surface area contributed by atoms with E-state index in [0.29, 0.717) is 15.7 Å². The largest absolute Gasteiger partial charge is 0.462 e. The van der Waals surface area contributed by atoms with Crippen LogP contribution >= 0.6 is 23.2 Å². The molecule has 5 nitrogen and oxygen atoms in total. The Labute approximate surface area is 95.5 Å². The normalized spacial score (nSPS) is 15.8. The van der Waals surface area contributed by atoms with Gasteiger partial charge in [0.25, 0.3) is 0 Å². The summed E-state index contributed by atoms with van der Waals surface area (Å²) < 4.78 is 0. The Morgan fingerprint density at radius 1 is 1.27 bits per heavy atom. The highest BCUT2D eigenvalue weighted by Crippen LogP contribution is 2.29. The highest BCUT2D eigenvalue weighted by molar-refractivity contribution is 6.42. The van der Waals surface area contributed by atoms with E-state index in [-0.39, 0.29) is 0 Å². The van der Waals surface area contributed by atoms with Gasteiger partial charge in [-0.1, -0.05) is 23.2 Å². The fourth-order valence-corrected chi connectivity index (χ4v) is 1.28. The summed E-state index contributed by atoms with van der Waals surface area (Å²) in [6.45, 7) is 0. The highest BCUT2D eigenvalue weighted by Gasteiger charge is 2.29. The van der Waals surface area contributed by atoms with Gasteiger partial charge in [-0.05, 0) is 23.4 Å². The summed E-state index contributed by atoms with van der Waals surface area (Å²) >= 11 is 11.5. The number of hydrogen-bond acceptors (Lipinski definition) is 4. The summed E-state index contributed by atoms with van der Waals surface area (Å²) in [6.07, 6.45) is -0.610. The van der Waals surface area contributed by atoms with Crippen molar-refractivity contribution in [2.45, 2.75) is 0 Å². The monoisotopic (exact) mass is 248 g/mol. The number of nitrogens with zero attached hydrogens (tertiary/aromatic N) is 2. The molecule has 0 aromatic heterocycles. The molecule has 1 amide bonds. The lowest BCUT2D eigenvalue weighted by Crippen LogP contribution is -2.18. The van der Waals surface area contributed by atoms with Crippen LogP contribution in [0.3, 0.4) is 0 Å². The molecule has 1 aromatic rings. The Morgan fingerprint density at radius 3 is 2.53 bits per heavy atom. The number of benzene rings is 1. The molecule has 0 atom stereocenters. The second-order valence-electron chi connectivity index (χ2n) is 2.79. The fourth-order valence-electron chi connectivity index (χ4n) is 0.988. The molecule has 0 bridgehead atoms. The molecule has 80 valence electrons. The van der Waals surface area contributed by atoms with Crippen molar-refractivity contribution in [3.8, 4) is 0 Å². The van der Waals surface area contributed by atoms with Gasteiger partial charge in [0, 0.05) is 7.05 Å². The third-order valence-electron chi connectivity index (χ3n) is 1.73. The Balaban J connectivity index is 2.24. The molecule has 0 N–H and O–H groups in total. The lowest BCUT2D eigenvalue weighted by atomic mass is 10.3. The Kier molecular flexibility index (Phi) is 2.60. The molecule has 1 fully saturated rings. The number of halogens is 2. The number of anilines is 1. The van der Waals surface area contributed by atoms with E-state index >= 15 is 0 Å². The van der Waals surface area contributed by atoms with E-state index in [9.17, 15) is 4.79 Å². The minimum Gasteiger partial charge on any atom is -0.291 e. The van der Waals surface area contributed by atoms with Crippen LogP contribution in [0, 0.1) is 0 Å². The lowest BCUT2D eigenvalue weighted by molar-refractivity contribution is -0.104. The average molecular weight is 249 g/mol. The van der Waals surface area contributed by atoms with E-state index < -0.39 is 6.09 Å². The number of carbonyl (C=O) groups is 1. The number of hydroxylamine groups is 2. The molecule has 0 aliphatic carbocycles. The van der Waals surface area contributed by atoms with Gasteiger partial charge in [0.05, 0.1) is 10.0 Å². The molecule has 1 heterocycles. The second-order valence-corrected chi connectivity index (χ2v) is 3.61. The predicted octanol–water partition coefficient (Wildman–Crippen LogP) is 2.64. The average Bonchev–Trinajstić information content (AvgIpc) is 2.52. The van der Waals surface area contributed by atoms with Gasteiger partial charge in [0.1, 0.15) is 5.69 Å². The van der Waals surface area contributed by atoms with Crippen molar-refractivity contribution < 1.29 is 14.6 Å². The van der Waals surface area contributed by atoms with Crippen molar-refractivity contribution in [2.75, 3.05) is 12.3 Å². The van der Waals surface area contributed by atoms with Crippen molar-refractivity contribution in [3.05, 3.63) is 28.2 Å². The van der Waals surface area contributed by atoms with Crippen LogP contribution in [0.2, 0.25) is 10.0 Å². The van der Waals surface area contributed by atoms with E-state index in [0.717, 1.165) is 10.3 Å². The molecule has 0 spiro atoms. The van der Waals surface area contributed by atoms with Crippen LogP contribution in [0.1, 0.15) is 0 Å². The van der Waals surface area contributed by atoms with Crippen LogP contribution in [0.15, 0.2) is 18.2 Å². The van der Waals surface area contributed by atoms with E-state index in [2.05, 4.69) is 0 Å². The summed E-state index contributed by atoms with van der Waals surface area (Å²) in [5.74, 6) is 0. The molecule has 15 heavy (non-hydrogen) atoms. The summed E-state index contributed by atoms with van der Waals surface area (Å²) in [5.41, 5.74) is 0.474. The van der Waals surface area contributed by atoms with E-state index in [1.54, 1.807) is 12.1 Å². The van der Waals surface area contributed by atoms with Crippen molar-refractivity contribution in [3.63, 3.8) is 0 Å². The Bertz CT molecular complexity index is 413. The van der Waals surface area contributed by atoms with Crippen molar-refractivity contribution in [1.82, 2.24) is 5.06 Å². The standard InChI is InChI=1S/C8H6Cl2N2O3/c1-11-8(13)14-12(15-11)5-2-3-6(9)7(10)4-5/h2-4H,1H3. The second kappa shape index (κ2) is 3.77. The van der Waals surface area contributed by atoms with Crippen molar-refractivity contribution >= 4 is 35.0 Å². The number of rotatable bonds is 1. The first-order chi connectivity index (χ1) is 7.08. The maximum atomic E-state index is 11.0. The quantitative estimate of drug-likeness (QED) is 0.767. The topological polar surface area (TPSA) is 42.0 Å². The molecule has 7 heteroatoms. The molecule has 0 saturated carbocycles. The molecular formula is C8H6Cl2N2O3. The minimum absolute atomic E-state index is 0.350. The Morgan fingerprint density at radius 2 is 2.00 bits per heavy atom. The van der Waals surface area contributed by atoms with Gasteiger partial charge < -0.3 is 0 Å². The zero-order valence-electron chi connectivity index (χ0n) is 7.61. The first-order valence-electron chi connectivity index (χ1n) is 3.97. The molecule has 2 rings (SSSR count). The molecular weight excluding hydrogens is 243 g/mol. The Hall–Kier alpha value is -1.17. The van der Waals surface area contributed by atoms with Gasteiger partial charge in [0.15, 0.2) is 0 Å². The van der Waals surface area contributed by atoms with Gasteiger partial charge >= 0.3 is 6.09 Å². The zero-order chi connectivity index (χ0) is 11.0.